The van der Waals surface area contributed by atoms with Gasteiger partial charge < -0.3 is 5.32 Å². The van der Waals surface area contributed by atoms with Gasteiger partial charge in [0, 0.05) is 16.7 Å². The largest absolute Gasteiger partial charge is 0.306 e. The monoisotopic (exact) mass is 299 g/mol. The van der Waals surface area contributed by atoms with Crippen molar-refractivity contribution in [2.24, 2.45) is 0 Å². The summed E-state index contributed by atoms with van der Waals surface area (Å²) in [5.41, 5.74) is 0.639. The molecule has 2 aromatic carbocycles. The van der Waals surface area contributed by atoms with E-state index in [0.29, 0.717) is 23.2 Å². The van der Waals surface area contributed by atoms with Crippen LogP contribution in [0, 0.1) is 17.5 Å². The fourth-order valence-corrected chi connectivity index (χ4v) is 2.30. The molecular weight excluding hydrogens is 287 g/mol. The molecule has 0 aliphatic heterocycles. The van der Waals surface area contributed by atoms with Gasteiger partial charge in [-0.05, 0) is 24.2 Å². The van der Waals surface area contributed by atoms with Gasteiger partial charge in [-0.2, -0.15) is 0 Å². The molecule has 2 aromatic rings. The predicted octanol–water partition coefficient (Wildman–Crippen LogP) is 4.46. The van der Waals surface area contributed by atoms with Crippen LogP contribution in [-0.2, 0) is 0 Å². The molecule has 0 fully saturated rings. The average molecular weight is 300 g/mol. The molecule has 0 bridgehead atoms. The van der Waals surface area contributed by atoms with Gasteiger partial charge in [0.15, 0.2) is 11.6 Å². The minimum Gasteiger partial charge on any atom is -0.306 e. The Kier molecular flexibility index (Phi) is 4.68. The first kappa shape index (κ1) is 14.9. The lowest BCUT2D eigenvalue weighted by Gasteiger charge is -2.21. The van der Waals surface area contributed by atoms with Crippen molar-refractivity contribution in [3.05, 3.63) is 70.0 Å². The molecule has 0 saturated heterocycles. The van der Waals surface area contributed by atoms with Crippen molar-refractivity contribution in [2.75, 3.05) is 6.54 Å². The van der Waals surface area contributed by atoms with Crippen LogP contribution in [0.2, 0.25) is 5.02 Å². The van der Waals surface area contributed by atoms with Crippen LogP contribution in [0.3, 0.4) is 0 Å². The molecular formula is C15H13ClF3N. The number of rotatable bonds is 4. The van der Waals surface area contributed by atoms with Gasteiger partial charge in [-0.25, -0.2) is 13.2 Å². The molecule has 1 N–H and O–H groups in total. The SMILES string of the molecule is CCNC(c1cc(F)c(F)cc1F)c1ccccc1Cl. The third kappa shape index (κ3) is 2.97. The molecule has 0 radical (unpaired) electrons. The lowest BCUT2D eigenvalue weighted by Crippen LogP contribution is -2.23. The van der Waals surface area contributed by atoms with Crippen molar-refractivity contribution in [3.63, 3.8) is 0 Å². The lowest BCUT2D eigenvalue weighted by atomic mass is 9.97. The minimum absolute atomic E-state index is 0.0267. The summed E-state index contributed by atoms with van der Waals surface area (Å²) in [6, 6.07) is 7.66. The Hall–Kier alpha value is -1.52. The van der Waals surface area contributed by atoms with E-state index in [1.807, 2.05) is 6.92 Å². The van der Waals surface area contributed by atoms with Crippen molar-refractivity contribution in [2.45, 2.75) is 13.0 Å². The molecule has 5 heteroatoms. The van der Waals surface area contributed by atoms with Crippen LogP contribution < -0.4 is 5.32 Å². The Balaban J connectivity index is 2.54. The second-order valence-corrected chi connectivity index (χ2v) is 4.71. The van der Waals surface area contributed by atoms with E-state index < -0.39 is 23.5 Å². The van der Waals surface area contributed by atoms with Gasteiger partial charge in [-0.3, -0.25) is 0 Å². The molecule has 0 aliphatic carbocycles. The predicted molar refractivity (Wildman–Crippen MR) is 73.3 cm³/mol. The molecule has 0 aliphatic rings. The van der Waals surface area contributed by atoms with Crippen LogP contribution in [0.25, 0.3) is 0 Å². The zero-order chi connectivity index (χ0) is 14.7. The maximum absolute atomic E-state index is 13.9. The van der Waals surface area contributed by atoms with E-state index in [2.05, 4.69) is 5.32 Å². The van der Waals surface area contributed by atoms with E-state index in [0.717, 1.165) is 6.07 Å². The molecule has 106 valence electrons. The summed E-state index contributed by atoms with van der Waals surface area (Å²) in [7, 11) is 0. The first-order valence-electron chi connectivity index (χ1n) is 6.16. The molecule has 0 heterocycles. The highest BCUT2D eigenvalue weighted by Crippen LogP contribution is 2.30. The molecule has 1 unspecified atom stereocenters. The molecule has 1 atom stereocenters. The van der Waals surface area contributed by atoms with E-state index >= 15 is 0 Å². The van der Waals surface area contributed by atoms with Crippen LogP contribution in [0.1, 0.15) is 24.1 Å². The number of hydrogen-bond acceptors (Lipinski definition) is 1. The fraction of sp³-hybridized carbons (Fsp3) is 0.200. The highest BCUT2D eigenvalue weighted by molar-refractivity contribution is 6.31. The van der Waals surface area contributed by atoms with Crippen molar-refractivity contribution in [1.82, 2.24) is 5.32 Å². The maximum Gasteiger partial charge on any atom is 0.161 e. The number of nitrogens with one attached hydrogen (secondary N) is 1. The number of benzene rings is 2. The smallest absolute Gasteiger partial charge is 0.161 e. The molecule has 0 spiro atoms. The van der Waals surface area contributed by atoms with Gasteiger partial charge in [0.2, 0.25) is 0 Å². The Labute approximate surface area is 120 Å². The first-order valence-corrected chi connectivity index (χ1v) is 6.54. The third-order valence-electron chi connectivity index (χ3n) is 2.98. The molecule has 2 rings (SSSR count). The second kappa shape index (κ2) is 6.29. The Morgan fingerprint density at radius 2 is 1.65 bits per heavy atom. The van der Waals surface area contributed by atoms with Crippen LogP contribution in [0.15, 0.2) is 36.4 Å². The third-order valence-corrected chi connectivity index (χ3v) is 3.32. The van der Waals surface area contributed by atoms with Crippen LogP contribution >= 0.6 is 11.6 Å². The molecule has 1 nitrogen and oxygen atoms in total. The Morgan fingerprint density at radius 3 is 2.30 bits per heavy atom. The van der Waals surface area contributed by atoms with E-state index in [1.54, 1.807) is 24.3 Å². The van der Waals surface area contributed by atoms with Crippen LogP contribution in [0.4, 0.5) is 13.2 Å². The van der Waals surface area contributed by atoms with E-state index in [9.17, 15) is 13.2 Å². The van der Waals surface area contributed by atoms with Crippen molar-refractivity contribution >= 4 is 11.6 Å². The Bertz CT molecular complexity index is 616. The van der Waals surface area contributed by atoms with E-state index in [1.165, 1.54) is 0 Å². The fourth-order valence-electron chi connectivity index (χ4n) is 2.06. The van der Waals surface area contributed by atoms with Gasteiger partial charge in [0.1, 0.15) is 5.82 Å². The number of halogens is 4. The van der Waals surface area contributed by atoms with E-state index in [-0.39, 0.29) is 5.56 Å². The number of hydrogen-bond donors (Lipinski definition) is 1. The summed E-state index contributed by atoms with van der Waals surface area (Å²) >= 11 is 6.10. The maximum atomic E-state index is 13.9. The lowest BCUT2D eigenvalue weighted by molar-refractivity contribution is 0.481. The molecule has 0 saturated carbocycles. The summed E-state index contributed by atoms with van der Waals surface area (Å²) < 4.78 is 40.3. The van der Waals surface area contributed by atoms with Crippen molar-refractivity contribution in [3.8, 4) is 0 Å². The Morgan fingerprint density at radius 1 is 1.00 bits per heavy atom. The minimum atomic E-state index is -1.21. The summed E-state index contributed by atoms with van der Waals surface area (Å²) in [6.45, 7) is 2.36. The normalized spacial score (nSPS) is 12.4. The zero-order valence-corrected chi connectivity index (χ0v) is 11.5. The van der Waals surface area contributed by atoms with Crippen molar-refractivity contribution < 1.29 is 13.2 Å². The highest BCUT2D eigenvalue weighted by Gasteiger charge is 2.21. The van der Waals surface area contributed by atoms with Crippen LogP contribution in [0.5, 0.6) is 0 Å². The van der Waals surface area contributed by atoms with Crippen molar-refractivity contribution in [1.29, 1.82) is 0 Å². The summed E-state index contributed by atoms with van der Waals surface area (Å²) in [6.07, 6.45) is 0. The van der Waals surface area contributed by atoms with Gasteiger partial charge >= 0.3 is 0 Å². The molecule has 20 heavy (non-hydrogen) atoms. The van der Waals surface area contributed by atoms with Gasteiger partial charge in [-0.15, -0.1) is 0 Å². The van der Waals surface area contributed by atoms with Gasteiger partial charge in [0.05, 0.1) is 6.04 Å². The van der Waals surface area contributed by atoms with Gasteiger partial charge in [-0.1, -0.05) is 36.7 Å². The zero-order valence-electron chi connectivity index (χ0n) is 10.8. The first-order chi connectivity index (χ1) is 9.54. The highest BCUT2D eigenvalue weighted by atomic mass is 35.5. The quantitative estimate of drug-likeness (QED) is 0.822. The molecule has 0 amide bonds. The average Bonchev–Trinajstić information content (AvgIpc) is 2.42. The molecule has 0 aromatic heterocycles. The topological polar surface area (TPSA) is 12.0 Å². The second-order valence-electron chi connectivity index (χ2n) is 4.30. The summed E-state index contributed by atoms with van der Waals surface area (Å²) in [5, 5.41) is 3.46. The summed E-state index contributed by atoms with van der Waals surface area (Å²) in [5.74, 6) is -3.10. The van der Waals surface area contributed by atoms with E-state index in [4.69, 9.17) is 11.6 Å². The summed E-state index contributed by atoms with van der Waals surface area (Å²) in [4.78, 5) is 0. The van der Waals surface area contributed by atoms with Crippen LogP contribution in [-0.4, -0.2) is 6.54 Å². The standard InChI is InChI=1S/C15H13ClF3N/c1-2-20-15(9-5-3-4-6-11(9)16)10-7-13(18)14(19)8-12(10)17/h3-8,15,20H,2H2,1H3. The van der Waals surface area contributed by atoms with Gasteiger partial charge in [0.25, 0.3) is 0 Å².